The van der Waals surface area contributed by atoms with Crippen LogP contribution in [0.3, 0.4) is 0 Å². The topological polar surface area (TPSA) is 72.8 Å². The fourth-order valence-corrected chi connectivity index (χ4v) is 2.74. The summed E-state index contributed by atoms with van der Waals surface area (Å²) in [5, 5.41) is 0.535. The van der Waals surface area contributed by atoms with E-state index in [0.29, 0.717) is 16.9 Å². The maximum atomic E-state index is 12.4. The molecule has 3 heterocycles. The van der Waals surface area contributed by atoms with Crippen LogP contribution < -0.4 is 10.3 Å². The molecule has 0 unspecified atom stereocenters. The molecule has 3 aromatic heterocycles. The fourth-order valence-electron chi connectivity index (χ4n) is 2.74. The third-order valence-electron chi connectivity index (χ3n) is 3.88. The molecule has 0 aliphatic rings. The van der Waals surface area contributed by atoms with Crippen molar-refractivity contribution in [2.24, 2.45) is 0 Å². The highest BCUT2D eigenvalue weighted by atomic mass is 16.5. The van der Waals surface area contributed by atoms with E-state index < -0.39 is 0 Å². The Morgan fingerprint density at radius 2 is 1.92 bits per heavy atom. The van der Waals surface area contributed by atoms with Crippen molar-refractivity contribution >= 4 is 11.0 Å². The van der Waals surface area contributed by atoms with E-state index in [-0.39, 0.29) is 5.56 Å². The van der Waals surface area contributed by atoms with Crippen molar-refractivity contribution in [2.45, 2.75) is 0 Å². The number of nitrogens with one attached hydrogen (secondary N) is 1. The number of rotatable bonds is 3. The number of nitrogens with zero attached hydrogens (tertiary/aromatic N) is 3. The van der Waals surface area contributed by atoms with Gasteiger partial charge in [0.15, 0.2) is 5.65 Å². The molecule has 6 heteroatoms. The van der Waals surface area contributed by atoms with E-state index in [1.165, 1.54) is 6.33 Å². The number of para-hydroxylation sites is 1. The van der Waals surface area contributed by atoms with Crippen LogP contribution in [0.2, 0.25) is 0 Å². The number of fused-ring (bicyclic) bond motifs is 1. The van der Waals surface area contributed by atoms with Gasteiger partial charge < -0.3 is 14.3 Å². The summed E-state index contributed by atoms with van der Waals surface area (Å²) in [7, 11) is 1.57. The van der Waals surface area contributed by atoms with Crippen LogP contribution in [0.1, 0.15) is 0 Å². The number of aromatic nitrogens is 4. The molecule has 0 aliphatic carbocycles. The molecule has 24 heavy (non-hydrogen) atoms. The van der Waals surface area contributed by atoms with Crippen molar-refractivity contribution in [3.05, 3.63) is 71.5 Å². The predicted molar refractivity (Wildman–Crippen MR) is 91.5 cm³/mol. The van der Waals surface area contributed by atoms with E-state index in [0.717, 1.165) is 16.8 Å². The third kappa shape index (κ3) is 2.25. The molecule has 0 radical (unpaired) electrons. The summed E-state index contributed by atoms with van der Waals surface area (Å²) in [6, 6.07) is 13.4. The first kappa shape index (κ1) is 14.2. The first-order chi connectivity index (χ1) is 11.8. The number of pyridine rings is 1. The molecule has 0 fully saturated rings. The lowest BCUT2D eigenvalue weighted by molar-refractivity contribution is 0.398. The first-order valence-corrected chi connectivity index (χ1v) is 7.42. The van der Waals surface area contributed by atoms with Gasteiger partial charge in [0.2, 0.25) is 5.88 Å². The average Bonchev–Trinajstić information content (AvgIpc) is 3.04. The number of ether oxygens (including phenoxy) is 1. The average molecular weight is 318 g/mol. The number of methoxy groups -OCH3 is 1. The fraction of sp³-hybridized carbons (Fsp3) is 0.0556. The van der Waals surface area contributed by atoms with Crippen molar-refractivity contribution in [1.82, 2.24) is 19.5 Å². The Bertz CT molecular complexity index is 1050. The SMILES string of the molecule is COc1ccc(-c2cn(-c3ccccc3)c3nc[nH]c(=O)c23)cn1. The standard InChI is InChI=1S/C18H14N4O2/c1-24-15-8-7-12(9-19-15)14-10-22(13-5-3-2-4-6-13)17-16(14)18(23)21-11-20-17/h2-11H,1H3,(H,20,21,23). The highest BCUT2D eigenvalue weighted by Crippen LogP contribution is 2.29. The minimum Gasteiger partial charge on any atom is -0.481 e. The summed E-state index contributed by atoms with van der Waals surface area (Å²) in [4.78, 5) is 23.6. The summed E-state index contributed by atoms with van der Waals surface area (Å²) in [5.41, 5.74) is 2.97. The maximum absolute atomic E-state index is 12.4. The molecule has 0 spiro atoms. The summed E-state index contributed by atoms with van der Waals surface area (Å²) < 4.78 is 7.00. The number of aromatic amines is 1. The van der Waals surface area contributed by atoms with Gasteiger partial charge in [-0.25, -0.2) is 9.97 Å². The van der Waals surface area contributed by atoms with E-state index in [4.69, 9.17) is 4.74 Å². The molecular formula is C18H14N4O2. The summed E-state index contributed by atoms with van der Waals surface area (Å²) in [5.74, 6) is 0.526. The molecule has 0 amide bonds. The molecule has 4 aromatic rings. The minimum atomic E-state index is -0.180. The van der Waals surface area contributed by atoms with Gasteiger partial charge in [0, 0.05) is 35.3 Å². The Hall–Kier alpha value is -3.41. The second-order valence-electron chi connectivity index (χ2n) is 5.27. The predicted octanol–water partition coefficient (Wildman–Crippen LogP) is 2.78. The highest BCUT2D eigenvalue weighted by molar-refractivity contribution is 5.94. The Kier molecular flexibility index (Phi) is 3.35. The monoisotopic (exact) mass is 318 g/mol. The minimum absolute atomic E-state index is 0.180. The Morgan fingerprint density at radius 3 is 2.62 bits per heavy atom. The van der Waals surface area contributed by atoms with Gasteiger partial charge in [0.1, 0.15) is 0 Å². The van der Waals surface area contributed by atoms with Crippen molar-refractivity contribution in [2.75, 3.05) is 7.11 Å². The zero-order valence-electron chi connectivity index (χ0n) is 12.9. The number of hydrogen-bond donors (Lipinski definition) is 1. The van der Waals surface area contributed by atoms with Gasteiger partial charge in [-0.2, -0.15) is 0 Å². The largest absolute Gasteiger partial charge is 0.481 e. The molecular weight excluding hydrogens is 304 g/mol. The van der Waals surface area contributed by atoms with Crippen molar-refractivity contribution < 1.29 is 4.74 Å². The zero-order chi connectivity index (χ0) is 16.5. The molecule has 1 N–H and O–H groups in total. The lowest BCUT2D eigenvalue weighted by Crippen LogP contribution is -2.07. The molecule has 0 saturated heterocycles. The number of H-pyrrole nitrogens is 1. The van der Waals surface area contributed by atoms with E-state index >= 15 is 0 Å². The van der Waals surface area contributed by atoms with E-state index in [9.17, 15) is 4.79 Å². The Labute approximate surface area is 137 Å². The normalized spacial score (nSPS) is 10.9. The highest BCUT2D eigenvalue weighted by Gasteiger charge is 2.16. The summed E-state index contributed by atoms with van der Waals surface area (Å²) in [6.45, 7) is 0. The molecule has 4 rings (SSSR count). The molecule has 118 valence electrons. The second-order valence-corrected chi connectivity index (χ2v) is 5.27. The van der Waals surface area contributed by atoms with Crippen molar-refractivity contribution in [1.29, 1.82) is 0 Å². The van der Waals surface area contributed by atoms with Crippen LogP contribution in [0.15, 0.2) is 66.0 Å². The smallest absolute Gasteiger partial charge is 0.260 e. The summed E-state index contributed by atoms with van der Waals surface area (Å²) in [6.07, 6.45) is 5.02. The van der Waals surface area contributed by atoms with Gasteiger partial charge >= 0.3 is 0 Å². The van der Waals surface area contributed by atoms with E-state index in [1.54, 1.807) is 19.4 Å². The van der Waals surface area contributed by atoms with Crippen LogP contribution in [0.4, 0.5) is 0 Å². The van der Waals surface area contributed by atoms with Crippen molar-refractivity contribution in [3.8, 4) is 22.7 Å². The van der Waals surface area contributed by atoms with E-state index in [2.05, 4.69) is 15.0 Å². The molecule has 6 nitrogen and oxygen atoms in total. The quantitative estimate of drug-likeness (QED) is 0.630. The van der Waals surface area contributed by atoms with Gasteiger partial charge in [0.05, 0.1) is 18.8 Å². The maximum Gasteiger partial charge on any atom is 0.260 e. The van der Waals surface area contributed by atoms with Crippen LogP contribution in [-0.2, 0) is 0 Å². The lowest BCUT2D eigenvalue weighted by Gasteiger charge is -2.03. The van der Waals surface area contributed by atoms with Gasteiger partial charge in [-0.15, -0.1) is 0 Å². The van der Waals surface area contributed by atoms with Crippen molar-refractivity contribution in [3.63, 3.8) is 0 Å². The van der Waals surface area contributed by atoms with Crippen LogP contribution in [0.25, 0.3) is 27.8 Å². The molecule has 0 atom stereocenters. The zero-order valence-corrected chi connectivity index (χ0v) is 12.9. The van der Waals surface area contributed by atoms with E-state index in [1.807, 2.05) is 47.2 Å². The van der Waals surface area contributed by atoms with Crippen LogP contribution in [-0.4, -0.2) is 26.6 Å². The Morgan fingerprint density at radius 1 is 1.08 bits per heavy atom. The second kappa shape index (κ2) is 5.66. The molecule has 1 aromatic carbocycles. The molecule has 0 bridgehead atoms. The van der Waals surface area contributed by atoms with Gasteiger partial charge in [0.25, 0.3) is 5.56 Å². The Balaban J connectivity index is 2.00. The molecule has 0 aliphatic heterocycles. The lowest BCUT2D eigenvalue weighted by atomic mass is 10.1. The molecule has 0 saturated carbocycles. The van der Waals surface area contributed by atoms with Crippen LogP contribution >= 0.6 is 0 Å². The van der Waals surface area contributed by atoms with Crippen LogP contribution in [0.5, 0.6) is 5.88 Å². The third-order valence-corrected chi connectivity index (χ3v) is 3.88. The summed E-state index contributed by atoms with van der Waals surface area (Å²) >= 11 is 0. The van der Waals surface area contributed by atoms with Gasteiger partial charge in [-0.05, 0) is 18.2 Å². The van der Waals surface area contributed by atoms with Crippen LogP contribution in [0, 0.1) is 0 Å². The van der Waals surface area contributed by atoms with Gasteiger partial charge in [-0.1, -0.05) is 18.2 Å². The first-order valence-electron chi connectivity index (χ1n) is 7.42. The number of benzene rings is 1. The van der Waals surface area contributed by atoms with Gasteiger partial charge in [-0.3, -0.25) is 4.79 Å². The number of hydrogen-bond acceptors (Lipinski definition) is 4.